The van der Waals surface area contributed by atoms with Gasteiger partial charge in [0.2, 0.25) is 0 Å². The number of nitrogens with one attached hydrogen (secondary N) is 1. The van der Waals surface area contributed by atoms with E-state index in [0.29, 0.717) is 18.8 Å². The molecular weight excluding hydrogens is 282 g/mol. The van der Waals surface area contributed by atoms with Crippen molar-refractivity contribution in [3.8, 4) is 0 Å². The van der Waals surface area contributed by atoms with Crippen LogP contribution < -0.4 is 5.32 Å². The molecule has 0 atom stereocenters. The van der Waals surface area contributed by atoms with Crippen molar-refractivity contribution in [3.05, 3.63) is 45.9 Å². The van der Waals surface area contributed by atoms with Gasteiger partial charge in [0.1, 0.15) is 0 Å². The van der Waals surface area contributed by atoms with Gasteiger partial charge >= 0.3 is 6.03 Å². The van der Waals surface area contributed by atoms with Gasteiger partial charge < -0.3 is 10.2 Å². The van der Waals surface area contributed by atoms with Gasteiger partial charge in [-0.2, -0.15) is 0 Å². The van der Waals surface area contributed by atoms with Crippen molar-refractivity contribution in [2.75, 3.05) is 11.9 Å². The van der Waals surface area contributed by atoms with Crippen LogP contribution in [0.15, 0.2) is 36.7 Å². The molecule has 2 amide bonds. The number of pyridine rings is 1. The van der Waals surface area contributed by atoms with Crippen LogP contribution in [0.3, 0.4) is 0 Å². The monoisotopic (exact) mass is 295 g/mol. The number of anilines is 1. The first-order valence-electron chi connectivity index (χ1n) is 5.89. The number of rotatable bonds is 4. The highest BCUT2D eigenvalue weighted by molar-refractivity contribution is 7.16. The Morgan fingerprint density at radius 2 is 2.32 bits per heavy atom. The van der Waals surface area contributed by atoms with Crippen molar-refractivity contribution in [3.63, 3.8) is 0 Å². The molecule has 0 aliphatic carbocycles. The first kappa shape index (κ1) is 13.8. The van der Waals surface area contributed by atoms with Gasteiger partial charge in [0.05, 0.1) is 22.8 Å². The van der Waals surface area contributed by atoms with E-state index in [0.717, 1.165) is 9.21 Å². The lowest BCUT2D eigenvalue weighted by molar-refractivity contribution is 0.212. The third kappa shape index (κ3) is 3.94. The Labute approximate surface area is 121 Å². The summed E-state index contributed by atoms with van der Waals surface area (Å²) in [6, 6.07) is 7.23. The fourth-order valence-electron chi connectivity index (χ4n) is 1.59. The number of hydrogen-bond acceptors (Lipinski definition) is 3. The molecule has 0 saturated heterocycles. The second-order valence-electron chi connectivity index (χ2n) is 3.89. The molecule has 2 aromatic rings. The highest BCUT2D eigenvalue weighted by Gasteiger charge is 2.13. The van der Waals surface area contributed by atoms with Gasteiger partial charge in [-0.3, -0.25) is 4.98 Å². The highest BCUT2D eigenvalue weighted by Crippen LogP contribution is 2.22. The molecule has 0 aliphatic heterocycles. The zero-order valence-electron chi connectivity index (χ0n) is 10.5. The Bertz CT molecular complexity index is 544. The Morgan fingerprint density at radius 1 is 1.47 bits per heavy atom. The molecule has 19 heavy (non-hydrogen) atoms. The minimum Gasteiger partial charge on any atom is -0.320 e. The molecule has 0 bridgehead atoms. The number of hydrogen-bond donors (Lipinski definition) is 1. The lowest BCUT2D eigenvalue weighted by Gasteiger charge is -2.20. The second kappa shape index (κ2) is 6.54. The molecule has 1 N–H and O–H groups in total. The first-order valence-corrected chi connectivity index (χ1v) is 7.08. The molecule has 2 rings (SSSR count). The minimum absolute atomic E-state index is 0.139. The highest BCUT2D eigenvalue weighted by atomic mass is 35.5. The molecule has 100 valence electrons. The number of carbonyl (C=O) groups is 1. The molecule has 0 saturated carbocycles. The van der Waals surface area contributed by atoms with E-state index < -0.39 is 0 Å². The van der Waals surface area contributed by atoms with E-state index in [4.69, 9.17) is 11.6 Å². The van der Waals surface area contributed by atoms with Gasteiger partial charge in [-0.05, 0) is 31.2 Å². The zero-order chi connectivity index (χ0) is 13.7. The molecule has 0 aromatic carbocycles. The van der Waals surface area contributed by atoms with Crippen molar-refractivity contribution in [1.82, 2.24) is 9.88 Å². The summed E-state index contributed by atoms with van der Waals surface area (Å²) in [6.07, 6.45) is 3.29. The molecule has 0 radical (unpaired) electrons. The fraction of sp³-hybridized carbons (Fsp3) is 0.231. The number of thiophene rings is 1. The number of halogens is 1. The zero-order valence-corrected chi connectivity index (χ0v) is 12.0. The SMILES string of the molecule is CCN(Cc1ccc(Cl)s1)C(=O)Nc1cccnc1. The van der Waals surface area contributed by atoms with E-state index in [2.05, 4.69) is 10.3 Å². The molecular formula is C13H14ClN3OS. The predicted molar refractivity (Wildman–Crippen MR) is 78.7 cm³/mol. The number of urea groups is 1. The summed E-state index contributed by atoms with van der Waals surface area (Å²) in [7, 11) is 0. The Morgan fingerprint density at radius 3 is 2.89 bits per heavy atom. The van der Waals surface area contributed by atoms with Gasteiger partial charge in [-0.1, -0.05) is 11.6 Å². The summed E-state index contributed by atoms with van der Waals surface area (Å²) in [5.74, 6) is 0. The van der Waals surface area contributed by atoms with Crippen LogP contribution in [-0.4, -0.2) is 22.5 Å². The van der Waals surface area contributed by atoms with Crippen LogP contribution in [0.25, 0.3) is 0 Å². The van der Waals surface area contributed by atoms with Gasteiger partial charge in [0.15, 0.2) is 0 Å². The maximum Gasteiger partial charge on any atom is 0.322 e. The molecule has 6 heteroatoms. The summed E-state index contributed by atoms with van der Waals surface area (Å²) in [6.45, 7) is 3.12. The largest absolute Gasteiger partial charge is 0.322 e. The lowest BCUT2D eigenvalue weighted by atomic mass is 10.4. The topological polar surface area (TPSA) is 45.2 Å². The number of carbonyl (C=O) groups excluding carboxylic acids is 1. The van der Waals surface area contributed by atoms with Crippen LogP contribution >= 0.6 is 22.9 Å². The summed E-state index contributed by atoms with van der Waals surface area (Å²) >= 11 is 7.37. The Kier molecular flexibility index (Phi) is 4.76. The number of nitrogens with zero attached hydrogens (tertiary/aromatic N) is 2. The minimum atomic E-state index is -0.139. The first-order chi connectivity index (χ1) is 9.19. The summed E-state index contributed by atoms with van der Waals surface area (Å²) < 4.78 is 0.735. The number of aromatic nitrogens is 1. The molecule has 0 spiro atoms. The quantitative estimate of drug-likeness (QED) is 0.931. The van der Waals surface area contributed by atoms with Gasteiger partial charge in [-0.25, -0.2) is 4.79 Å². The molecule has 0 aliphatic rings. The van der Waals surface area contributed by atoms with E-state index in [9.17, 15) is 4.79 Å². The Hall–Kier alpha value is -1.59. The van der Waals surface area contributed by atoms with E-state index in [1.807, 2.05) is 19.1 Å². The van der Waals surface area contributed by atoms with Crippen LogP contribution in [0, 0.1) is 0 Å². The van der Waals surface area contributed by atoms with Crippen molar-refractivity contribution < 1.29 is 4.79 Å². The van der Waals surface area contributed by atoms with Crippen LogP contribution in [0.5, 0.6) is 0 Å². The smallest absolute Gasteiger partial charge is 0.320 e. The third-order valence-corrected chi connectivity index (χ3v) is 3.77. The van der Waals surface area contributed by atoms with Gasteiger partial charge in [0, 0.05) is 17.6 Å². The maximum absolute atomic E-state index is 12.1. The van der Waals surface area contributed by atoms with Gasteiger partial charge in [0.25, 0.3) is 0 Å². The third-order valence-electron chi connectivity index (χ3n) is 2.56. The van der Waals surface area contributed by atoms with Crippen molar-refractivity contribution >= 4 is 34.7 Å². The van der Waals surface area contributed by atoms with E-state index in [-0.39, 0.29) is 6.03 Å². The van der Waals surface area contributed by atoms with E-state index in [1.54, 1.807) is 29.4 Å². The summed E-state index contributed by atoms with van der Waals surface area (Å²) in [5.41, 5.74) is 0.690. The van der Waals surface area contributed by atoms with Gasteiger partial charge in [-0.15, -0.1) is 11.3 Å². The van der Waals surface area contributed by atoms with Crippen molar-refractivity contribution in [2.45, 2.75) is 13.5 Å². The van der Waals surface area contributed by atoms with E-state index in [1.165, 1.54) is 11.3 Å². The van der Waals surface area contributed by atoms with Crippen molar-refractivity contribution in [1.29, 1.82) is 0 Å². The summed E-state index contributed by atoms with van der Waals surface area (Å²) in [5, 5.41) is 2.82. The van der Waals surface area contributed by atoms with Crippen LogP contribution in [0.2, 0.25) is 4.34 Å². The normalized spacial score (nSPS) is 10.2. The molecule has 2 aromatic heterocycles. The summed E-state index contributed by atoms with van der Waals surface area (Å²) in [4.78, 5) is 18.9. The fourth-order valence-corrected chi connectivity index (χ4v) is 2.69. The standard InChI is InChI=1S/C13H14ClN3OS/c1-2-17(9-11-5-6-12(14)19-11)13(18)16-10-4-3-7-15-8-10/h3-8H,2,9H2,1H3,(H,16,18). The average molecular weight is 296 g/mol. The lowest BCUT2D eigenvalue weighted by Crippen LogP contribution is -2.34. The molecule has 4 nitrogen and oxygen atoms in total. The molecule has 0 unspecified atom stereocenters. The molecule has 0 fully saturated rings. The predicted octanol–water partition coefficient (Wildman–Crippen LogP) is 3.85. The van der Waals surface area contributed by atoms with Crippen LogP contribution in [0.1, 0.15) is 11.8 Å². The maximum atomic E-state index is 12.1. The van der Waals surface area contributed by atoms with E-state index >= 15 is 0 Å². The van der Waals surface area contributed by atoms with Crippen LogP contribution in [-0.2, 0) is 6.54 Å². The number of amides is 2. The average Bonchev–Trinajstić information content (AvgIpc) is 2.82. The second-order valence-corrected chi connectivity index (χ2v) is 5.69. The Balaban J connectivity index is 1.99. The van der Waals surface area contributed by atoms with Crippen LogP contribution in [0.4, 0.5) is 10.5 Å². The van der Waals surface area contributed by atoms with Crippen molar-refractivity contribution in [2.24, 2.45) is 0 Å². The molecule has 2 heterocycles.